The Labute approximate surface area is 218 Å². The highest BCUT2D eigenvalue weighted by molar-refractivity contribution is 6.35. The average molecular weight is 511 g/mol. The van der Waals surface area contributed by atoms with Crippen LogP contribution in [0, 0.1) is 6.92 Å². The molecule has 0 aliphatic heterocycles. The molecule has 6 heteroatoms. The fourth-order valence-corrected chi connectivity index (χ4v) is 4.36. The highest BCUT2D eigenvalue weighted by atomic mass is 35.5. The SMILES string of the molecule is CCCCNC(=O)C(Cc1ccccc1)N(Cc1ccc(C)cc1)C(=O)Cc1ccc(Cl)cc1Cl. The molecule has 0 aliphatic rings. The van der Waals surface area contributed by atoms with Crippen LogP contribution >= 0.6 is 23.2 Å². The number of carbonyl (C=O) groups excluding carboxylic acids is 2. The van der Waals surface area contributed by atoms with Gasteiger partial charge in [-0.3, -0.25) is 9.59 Å². The molecule has 0 spiro atoms. The maximum Gasteiger partial charge on any atom is 0.243 e. The number of benzene rings is 3. The van der Waals surface area contributed by atoms with E-state index >= 15 is 0 Å². The van der Waals surface area contributed by atoms with Gasteiger partial charge in [0.2, 0.25) is 11.8 Å². The molecule has 0 bridgehead atoms. The Morgan fingerprint density at radius 3 is 2.31 bits per heavy atom. The zero-order valence-corrected chi connectivity index (χ0v) is 21.8. The minimum absolute atomic E-state index is 0.0788. The van der Waals surface area contributed by atoms with Gasteiger partial charge in [0.25, 0.3) is 0 Å². The normalized spacial score (nSPS) is 11.7. The Kier molecular flexibility index (Phi) is 10.2. The number of carbonyl (C=O) groups is 2. The van der Waals surface area contributed by atoms with Gasteiger partial charge in [-0.2, -0.15) is 0 Å². The zero-order valence-electron chi connectivity index (χ0n) is 20.3. The minimum Gasteiger partial charge on any atom is -0.354 e. The van der Waals surface area contributed by atoms with E-state index in [1.807, 2.05) is 61.5 Å². The molecule has 1 unspecified atom stereocenters. The topological polar surface area (TPSA) is 49.4 Å². The van der Waals surface area contributed by atoms with Gasteiger partial charge in [0.15, 0.2) is 0 Å². The van der Waals surface area contributed by atoms with Crippen LogP contribution in [0.25, 0.3) is 0 Å². The molecule has 184 valence electrons. The number of nitrogens with one attached hydrogen (secondary N) is 1. The molecule has 0 fully saturated rings. The van der Waals surface area contributed by atoms with Crippen LogP contribution in [0.4, 0.5) is 0 Å². The number of hydrogen-bond acceptors (Lipinski definition) is 2. The van der Waals surface area contributed by atoms with Crippen molar-refractivity contribution >= 4 is 35.0 Å². The summed E-state index contributed by atoms with van der Waals surface area (Å²) in [5, 5.41) is 3.99. The number of halogens is 2. The smallest absolute Gasteiger partial charge is 0.243 e. The van der Waals surface area contributed by atoms with Crippen LogP contribution in [0.1, 0.15) is 42.0 Å². The van der Waals surface area contributed by atoms with E-state index in [2.05, 4.69) is 12.2 Å². The third-order valence-electron chi connectivity index (χ3n) is 5.93. The molecule has 0 saturated heterocycles. The van der Waals surface area contributed by atoms with Crippen LogP contribution in [0.3, 0.4) is 0 Å². The number of unbranched alkanes of at least 4 members (excludes halogenated alkanes) is 1. The van der Waals surface area contributed by atoms with Crippen LogP contribution in [-0.2, 0) is 29.0 Å². The lowest BCUT2D eigenvalue weighted by Crippen LogP contribution is -2.51. The van der Waals surface area contributed by atoms with Crippen molar-refractivity contribution in [3.05, 3.63) is 105 Å². The molecule has 0 aromatic heterocycles. The van der Waals surface area contributed by atoms with Crippen molar-refractivity contribution < 1.29 is 9.59 Å². The van der Waals surface area contributed by atoms with Gasteiger partial charge in [0.1, 0.15) is 6.04 Å². The van der Waals surface area contributed by atoms with E-state index in [0.717, 1.165) is 29.5 Å². The standard InChI is InChI=1S/C29H32Cl2N2O2/c1-3-4-16-32-29(35)27(17-22-8-6-5-7-9-22)33(20-23-12-10-21(2)11-13-23)28(34)18-24-14-15-25(30)19-26(24)31/h5-15,19,27H,3-4,16-18,20H2,1-2H3,(H,32,35). The van der Waals surface area contributed by atoms with E-state index in [1.54, 1.807) is 23.1 Å². The van der Waals surface area contributed by atoms with Crippen molar-refractivity contribution in [2.75, 3.05) is 6.54 Å². The highest BCUT2D eigenvalue weighted by Gasteiger charge is 2.30. The summed E-state index contributed by atoms with van der Waals surface area (Å²) in [6.45, 7) is 5.00. The van der Waals surface area contributed by atoms with Crippen LogP contribution in [0.2, 0.25) is 10.0 Å². The monoisotopic (exact) mass is 510 g/mol. The molecule has 1 atom stereocenters. The van der Waals surface area contributed by atoms with E-state index in [-0.39, 0.29) is 18.2 Å². The van der Waals surface area contributed by atoms with Crippen molar-refractivity contribution in [1.82, 2.24) is 10.2 Å². The number of amides is 2. The van der Waals surface area contributed by atoms with E-state index in [4.69, 9.17) is 23.2 Å². The molecule has 0 radical (unpaired) electrons. The van der Waals surface area contributed by atoms with Crippen molar-refractivity contribution in [3.8, 4) is 0 Å². The molecule has 0 heterocycles. The summed E-state index contributed by atoms with van der Waals surface area (Å²) in [6, 6.07) is 22.3. The van der Waals surface area contributed by atoms with E-state index in [1.165, 1.54) is 0 Å². The molecular weight excluding hydrogens is 479 g/mol. The Bertz CT molecular complexity index is 1120. The van der Waals surface area contributed by atoms with Gasteiger partial charge in [-0.15, -0.1) is 0 Å². The first-order valence-electron chi connectivity index (χ1n) is 12.0. The Hall–Kier alpha value is -2.82. The summed E-state index contributed by atoms with van der Waals surface area (Å²) >= 11 is 12.4. The third-order valence-corrected chi connectivity index (χ3v) is 6.52. The average Bonchev–Trinajstić information content (AvgIpc) is 2.85. The van der Waals surface area contributed by atoms with Gasteiger partial charge in [-0.05, 0) is 42.2 Å². The molecular formula is C29H32Cl2N2O2. The maximum absolute atomic E-state index is 13.7. The predicted octanol–water partition coefficient (Wildman–Crippen LogP) is 6.40. The largest absolute Gasteiger partial charge is 0.354 e. The number of aryl methyl sites for hydroxylation is 1. The highest BCUT2D eigenvalue weighted by Crippen LogP contribution is 2.23. The quantitative estimate of drug-likeness (QED) is 0.303. The first kappa shape index (κ1) is 26.8. The molecule has 2 amide bonds. The first-order valence-corrected chi connectivity index (χ1v) is 12.7. The number of hydrogen-bond donors (Lipinski definition) is 1. The zero-order chi connectivity index (χ0) is 25.2. The van der Waals surface area contributed by atoms with E-state index < -0.39 is 6.04 Å². The second-order valence-corrected chi connectivity index (χ2v) is 9.61. The van der Waals surface area contributed by atoms with Gasteiger partial charge in [-0.25, -0.2) is 0 Å². The van der Waals surface area contributed by atoms with Crippen molar-refractivity contribution in [2.24, 2.45) is 0 Å². The van der Waals surface area contributed by atoms with Gasteiger partial charge in [-0.1, -0.05) is 103 Å². The Morgan fingerprint density at radius 2 is 1.66 bits per heavy atom. The second-order valence-electron chi connectivity index (χ2n) is 8.77. The van der Waals surface area contributed by atoms with Crippen LogP contribution < -0.4 is 5.32 Å². The van der Waals surface area contributed by atoms with E-state index in [9.17, 15) is 9.59 Å². The lowest BCUT2D eigenvalue weighted by Gasteiger charge is -2.32. The molecule has 4 nitrogen and oxygen atoms in total. The lowest BCUT2D eigenvalue weighted by molar-refractivity contribution is -0.140. The fraction of sp³-hybridized carbons (Fsp3) is 0.310. The van der Waals surface area contributed by atoms with E-state index in [0.29, 0.717) is 35.1 Å². The summed E-state index contributed by atoms with van der Waals surface area (Å²) in [5.74, 6) is -0.314. The molecule has 1 N–H and O–H groups in total. The third kappa shape index (κ3) is 8.12. The van der Waals surface area contributed by atoms with Crippen LogP contribution in [0.5, 0.6) is 0 Å². The van der Waals surface area contributed by atoms with Crippen LogP contribution in [0.15, 0.2) is 72.8 Å². The number of nitrogens with zero attached hydrogens (tertiary/aromatic N) is 1. The summed E-state index contributed by atoms with van der Waals surface area (Å²) in [4.78, 5) is 28.9. The number of rotatable bonds is 11. The fourth-order valence-electron chi connectivity index (χ4n) is 3.88. The maximum atomic E-state index is 13.7. The predicted molar refractivity (Wildman–Crippen MR) is 144 cm³/mol. The van der Waals surface area contributed by atoms with Crippen molar-refractivity contribution in [2.45, 2.75) is 52.1 Å². The summed E-state index contributed by atoms with van der Waals surface area (Å²) in [6.07, 6.45) is 2.36. The summed E-state index contributed by atoms with van der Waals surface area (Å²) < 4.78 is 0. The minimum atomic E-state index is -0.658. The molecule has 35 heavy (non-hydrogen) atoms. The molecule has 0 aliphatic carbocycles. The lowest BCUT2D eigenvalue weighted by atomic mass is 10.0. The van der Waals surface area contributed by atoms with Gasteiger partial charge < -0.3 is 10.2 Å². The van der Waals surface area contributed by atoms with Crippen molar-refractivity contribution in [3.63, 3.8) is 0 Å². The van der Waals surface area contributed by atoms with Gasteiger partial charge >= 0.3 is 0 Å². The summed E-state index contributed by atoms with van der Waals surface area (Å²) in [5.41, 5.74) is 3.78. The van der Waals surface area contributed by atoms with Crippen molar-refractivity contribution in [1.29, 1.82) is 0 Å². The van der Waals surface area contributed by atoms with Gasteiger partial charge in [0.05, 0.1) is 6.42 Å². The molecule has 3 rings (SSSR count). The second kappa shape index (κ2) is 13.3. The summed E-state index contributed by atoms with van der Waals surface area (Å²) in [7, 11) is 0. The Balaban J connectivity index is 1.95. The molecule has 0 saturated carbocycles. The molecule has 3 aromatic carbocycles. The molecule has 3 aromatic rings. The Morgan fingerprint density at radius 1 is 0.943 bits per heavy atom. The van der Waals surface area contributed by atoms with Gasteiger partial charge in [0, 0.05) is 29.6 Å². The first-order chi connectivity index (χ1) is 16.9. The van der Waals surface area contributed by atoms with Crippen LogP contribution in [-0.4, -0.2) is 29.3 Å².